The van der Waals surface area contributed by atoms with Gasteiger partial charge >= 0.3 is 0 Å². The highest BCUT2D eigenvalue weighted by Crippen LogP contribution is 2.42. The van der Waals surface area contributed by atoms with Crippen LogP contribution in [0.4, 0.5) is 0 Å². The number of nitrogens with one attached hydrogen (secondary N) is 1. The molecular formula is C19H26N4OS2. The summed E-state index contributed by atoms with van der Waals surface area (Å²) in [5, 5.41) is 14.9. The standard InChI is InChI=1S/C19H26N4OS2/c1-13(18(24)20-14-7-4-2-3-5-8-14)26-19-22-21-17(16-9-6-12-25-16)23(19)15-10-11-15/h6,9,12-15H,2-5,7-8,10-11H2,1H3,(H,20,24)/t13-/m1/s1. The summed E-state index contributed by atoms with van der Waals surface area (Å²) in [6, 6.07) is 4.96. The third-order valence-corrected chi connectivity index (χ3v) is 7.09. The molecule has 1 atom stereocenters. The molecule has 2 saturated carbocycles. The van der Waals surface area contributed by atoms with Crippen molar-refractivity contribution in [1.29, 1.82) is 0 Å². The number of thioether (sulfide) groups is 1. The van der Waals surface area contributed by atoms with Gasteiger partial charge in [-0.3, -0.25) is 9.36 Å². The molecule has 0 saturated heterocycles. The molecule has 2 fully saturated rings. The van der Waals surface area contributed by atoms with Crippen molar-refractivity contribution < 1.29 is 4.79 Å². The number of rotatable bonds is 6. The molecule has 4 rings (SSSR count). The summed E-state index contributed by atoms with van der Waals surface area (Å²) < 4.78 is 2.24. The lowest BCUT2D eigenvalue weighted by Crippen LogP contribution is -2.39. The maximum Gasteiger partial charge on any atom is 0.233 e. The molecule has 26 heavy (non-hydrogen) atoms. The van der Waals surface area contributed by atoms with Gasteiger partial charge in [0, 0.05) is 12.1 Å². The molecule has 0 radical (unpaired) electrons. The summed E-state index contributed by atoms with van der Waals surface area (Å²) in [6.07, 6.45) is 9.63. The van der Waals surface area contributed by atoms with Crippen molar-refractivity contribution in [2.24, 2.45) is 0 Å². The van der Waals surface area contributed by atoms with Crippen molar-refractivity contribution in [3.05, 3.63) is 17.5 Å². The third-order valence-electron chi connectivity index (χ3n) is 5.17. The summed E-state index contributed by atoms with van der Waals surface area (Å²) >= 11 is 3.23. The largest absolute Gasteiger partial charge is 0.352 e. The average molecular weight is 391 g/mol. The van der Waals surface area contributed by atoms with E-state index in [1.54, 1.807) is 23.1 Å². The van der Waals surface area contributed by atoms with Crippen LogP contribution in [-0.2, 0) is 4.79 Å². The van der Waals surface area contributed by atoms with E-state index >= 15 is 0 Å². The van der Waals surface area contributed by atoms with Gasteiger partial charge in [0.25, 0.3) is 0 Å². The fourth-order valence-corrected chi connectivity index (χ4v) is 5.18. The quantitative estimate of drug-likeness (QED) is 0.575. The Morgan fingerprint density at radius 1 is 1.23 bits per heavy atom. The summed E-state index contributed by atoms with van der Waals surface area (Å²) in [7, 11) is 0. The number of carbonyl (C=O) groups is 1. The molecule has 0 unspecified atom stereocenters. The smallest absolute Gasteiger partial charge is 0.233 e. The topological polar surface area (TPSA) is 59.8 Å². The van der Waals surface area contributed by atoms with Crippen LogP contribution in [0.15, 0.2) is 22.7 Å². The number of carbonyl (C=O) groups excluding carboxylic acids is 1. The number of thiophene rings is 1. The van der Waals surface area contributed by atoms with Gasteiger partial charge in [0.1, 0.15) is 0 Å². The van der Waals surface area contributed by atoms with Crippen LogP contribution in [0.5, 0.6) is 0 Å². The first-order valence-corrected chi connectivity index (χ1v) is 11.4. The molecule has 2 aromatic heterocycles. The van der Waals surface area contributed by atoms with Gasteiger partial charge in [0.2, 0.25) is 5.91 Å². The average Bonchev–Trinajstić information content (AvgIpc) is 3.26. The van der Waals surface area contributed by atoms with Crippen molar-refractivity contribution in [3.8, 4) is 10.7 Å². The van der Waals surface area contributed by atoms with Gasteiger partial charge in [-0.25, -0.2) is 0 Å². The van der Waals surface area contributed by atoms with Crippen molar-refractivity contribution in [2.45, 2.75) is 80.8 Å². The van der Waals surface area contributed by atoms with Gasteiger partial charge in [0.15, 0.2) is 11.0 Å². The van der Waals surface area contributed by atoms with Crippen LogP contribution in [0.3, 0.4) is 0 Å². The highest BCUT2D eigenvalue weighted by molar-refractivity contribution is 8.00. The second kappa shape index (κ2) is 8.13. The lowest BCUT2D eigenvalue weighted by atomic mass is 10.1. The van der Waals surface area contributed by atoms with E-state index in [1.165, 1.54) is 38.5 Å². The maximum absolute atomic E-state index is 12.7. The number of amides is 1. The van der Waals surface area contributed by atoms with Crippen LogP contribution in [-0.4, -0.2) is 32.0 Å². The molecule has 2 heterocycles. The molecule has 140 valence electrons. The van der Waals surface area contributed by atoms with Crippen LogP contribution in [0.25, 0.3) is 10.7 Å². The second-order valence-corrected chi connectivity index (χ2v) is 9.60. The minimum Gasteiger partial charge on any atom is -0.352 e. The fraction of sp³-hybridized carbons (Fsp3) is 0.632. The Bertz CT molecular complexity index is 731. The minimum atomic E-state index is -0.156. The molecule has 5 nitrogen and oxygen atoms in total. The third kappa shape index (κ3) is 4.14. The van der Waals surface area contributed by atoms with E-state index in [2.05, 4.69) is 31.5 Å². The Morgan fingerprint density at radius 2 is 2.00 bits per heavy atom. The van der Waals surface area contributed by atoms with Gasteiger partial charge in [0.05, 0.1) is 10.1 Å². The van der Waals surface area contributed by atoms with E-state index in [9.17, 15) is 4.79 Å². The highest BCUT2D eigenvalue weighted by Gasteiger charge is 2.32. The minimum absolute atomic E-state index is 0.130. The van der Waals surface area contributed by atoms with Crippen molar-refractivity contribution in [2.75, 3.05) is 0 Å². The molecule has 0 aromatic carbocycles. The van der Waals surface area contributed by atoms with E-state index in [-0.39, 0.29) is 11.2 Å². The van der Waals surface area contributed by atoms with Crippen LogP contribution < -0.4 is 5.32 Å². The van der Waals surface area contributed by atoms with E-state index < -0.39 is 0 Å². The highest BCUT2D eigenvalue weighted by atomic mass is 32.2. The molecule has 2 aliphatic carbocycles. The molecule has 0 bridgehead atoms. The molecule has 7 heteroatoms. The molecule has 0 spiro atoms. The Hall–Kier alpha value is -1.34. The number of nitrogens with zero attached hydrogens (tertiary/aromatic N) is 3. The summed E-state index contributed by atoms with van der Waals surface area (Å²) in [5.74, 6) is 1.08. The lowest BCUT2D eigenvalue weighted by Gasteiger charge is -2.19. The number of hydrogen-bond donors (Lipinski definition) is 1. The SMILES string of the molecule is C[C@@H](Sc1nnc(-c2cccs2)n1C1CC1)C(=O)NC1CCCCCC1. The summed E-state index contributed by atoms with van der Waals surface area (Å²) in [4.78, 5) is 13.8. The monoisotopic (exact) mass is 390 g/mol. The molecular weight excluding hydrogens is 364 g/mol. The first kappa shape index (κ1) is 18.0. The van der Waals surface area contributed by atoms with Gasteiger partial charge < -0.3 is 5.32 Å². The van der Waals surface area contributed by atoms with Gasteiger partial charge in [-0.1, -0.05) is 43.5 Å². The first-order valence-electron chi connectivity index (χ1n) is 9.68. The van der Waals surface area contributed by atoms with E-state index in [4.69, 9.17) is 0 Å². The van der Waals surface area contributed by atoms with Crippen LogP contribution in [0.1, 0.15) is 64.3 Å². The van der Waals surface area contributed by atoms with Gasteiger partial charge in [-0.2, -0.15) is 0 Å². The Balaban J connectivity index is 1.44. The van der Waals surface area contributed by atoms with Crippen LogP contribution >= 0.6 is 23.1 Å². The van der Waals surface area contributed by atoms with Crippen LogP contribution in [0.2, 0.25) is 0 Å². The Morgan fingerprint density at radius 3 is 2.65 bits per heavy atom. The zero-order valence-electron chi connectivity index (χ0n) is 15.2. The second-order valence-electron chi connectivity index (χ2n) is 7.34. The van der Waals surface area contributed by atoms with Crippen molar-refractivity contribution in [3.63, 3.8) is 0 Å². The predicted molar refractivity (Wildman–Crippen MR) is 107 cm³/mol. The first-order chi connectivity index (χ1) is 12.7. The number of aromatic nitrogens is 3. The Kier molecular flexibility index (Phi) is 5.64. The van der Waals surface area contributed by atoms with Gasteiger partial charge in [-0.15, -0.1) is 21.5 Å². The van der Waals surface area contributed by atoms with E-state index in [0.717, 1.165) is 28.7 Å². The molecule has 0 aliphatic heterocycles. The summed E-state index contributed by atoms with van der Waals surface area (Å²) in [6.45, 7) is 1.98. The maximum atomic E-state index is 12.7. The number of hydrogen-bond acceptors (Lipinski definition) is 5. The van der Waals surface area contributed by atoms with Crippen LogP contribution in [0, 0.1) is 0 Å². The van der Waals surface area contributed by atoms with Crippen molar-refractivity contribution >= 4 is 29.0 Å². The molecule has 1 N–H and O–H groups in total. The zero-order valence-corrected chi connectivity index (χ0v) is 16.8. The molecule has 2 aromatic rings. The normalized spacial score (nSPS) is 19.9. The zero-order chi connectivity index (χ0) is 17.9. The Labute approximate surface area is 163 Å². The van der Waals surface area contributed by atoms with Crippen molar-refractivity contribution in [1.82, 2.24) is 20.1 Å². The predicted octanol–water partition coefficient (Wildman–Crippen LogP) is 4.66. The lowest BCUT2D eigenvalue weighted by molar-refractivity contribution is -0.121. The molecule has 1 amide bonds. The summed E-state index contributed by atoms with van der Waals surface area (Å²) in [5.41, 5.74) is 0. The molecule has 2 aliphatic rings. The van der Waals surface area contributed by atoms with E-state index in [1.807, 2.05) is 13.0 Å². The fourth-order valence-electron chi connectivity index (χ4n) is 3.55. The van der Waals surface area contributed by atoms with Gasteiger partial charge in [-0.05, 0) is 44.1 Å². The van der Waals surface area contributed by atoms with E-state index in [0.29, 0.717) is 12.1 Å².